The lowest BCUT2D eigenvalue weighted by Crippen LogP contribution is -2.31. The summed E-state index contributed by atoms with van der Waals surface area (Å²) < 4.78 is 1.76. The van der Waals surface area contributed by atoms with Gasteiger partial charge in [-0.3, -0.25) is 0 Å². The van der Waals surface area contributed by atoms with Gasteiger partial charge < -0.3 is 4.90 Å². The van der Waals surface area contributed by atoms with E-state index >= 15 is 0 Å². The Bertz CT molecular complexity index is 476. The fourth-order valence-electron chi connectivity index (χ4n) is 2.13. The minimum absolute atomic E-state index is 0.468. The average Bonchev–Trinajstić information content (AvgIpc) is 2.78. The Labute approximate surface area is 127 Å². The van der Waals surface area contributed by atoms with E-state index in [0.29, 0.717) is 9.97 Å². The van der Waals surface area contributed by atoms with E-state index in [1.807, 2.05) is 11.3 Å². The van der Waals surface area contributed by atoms with Gasteiger partial charge in [-0.1, -0.05) is 48.1 Å². The first-order chi connectivity index (χ1) is 8.63. The SMILES string of the molecule is CCCC([C@@H](I)c1nc2ccccc2s1)N(C)C. The second-order valence-electron chi connectivity index (χ2n) is 4.74. The van der Waals surface area contributed by atoms with Gasteiger partial charge in [0, 0.05) is 6.04 Å². The molecule has 0 aliphatic carbocycles. The van der Waals surface area contributed by atoms with Crippen molar-refractivity contribution in [3.05, 3.63) is 29.3 Å². The van der Waals surface area contributed by atoms with E-state index in [1.54, 1.807) is 0 Å². The zero-order valence-electron chi connectivity index (χ0n) is 11.1. The molecule has 1 aromatic heterocycles. The van der Waals surface area contributed by atoms with Gasteiger partial charge in [0.25, 0.3) is 0 Å². The van der Waals surface area contributed by atoms with E-state index in [4.69, 9.17) is 4.98 Å². The van der Waals surface area contributed by atoms with Crippen LogP contribution in [0, 0.1) is 0 Å². The number of nitrogens with zero attached hydrogens (tertiary/aromatic N) is 2. The third-order valence-electron chi connectivity index (χ3n) is 3.13. The molecule has 98 valence electrons. The summed E-state index contributed by atoms with van der Waals surface area (Å²) >= 11 is 4.38. The van der Waals surface area contributed by atoms with Gasteiger partial charge in [0.2, 0.25) is 0 Å². The van der Waals surface area contributed by atoms with Crippen LogP contribution in [0.1, 0.15) is 28.7 Å². The highest BCUT2D eigenvalue weighted by atomic mass is 127. The number of hydrogen-bond acceptors (Lipinski definition) is 3. The van der Waals surface area contributed by atoms with Gasteiger partial charge in [-0.15, -0.1) is 11.3 Å². The van der Waals surface area contributed by atoms with Crippen LogP contribution in [0.5, 0.6) is 0 Å². The van der Waals surface area contributed by atoms with Crippen molar-refractivity contribution >= 4 is 44.1 Å². The summed E-state index contributed by atoms with van der Waals surface area (Å²) in [5, 5.41) is 1.25. The van der Waals surface area contributed by atoms with Gasteiger partial charge in [0.15, 0.2) is 0 Å². The van der Waals surface area contributed by atoms with Crippen LogP contribution in [-0.2, 0) is 0 Å². The number of alkyl halides is 1. The molecular weight excluding hydrogens is 355 g/mol. The molecule has 2 nitrogen and oxygen atoms in total. The van der Waals surface area contributed by atoms with Crippen LogP contribution in [0.2, 0.25) is 0 Å². The number of fused-ring (bicyclic) bond motifs is 1. The Morgan fingerprint density at radius 1 is 1.33 bits per heavy atom. The van der Waals surface area contributed by atoms with Gasteiger partial charge >= 0.3 is 0 Å². The van der Waals surface area contributed by atoms with Crippen LogP contribution >= 0.6 is 33.9 Å². The van der Waals surface area contributed by atoms with Gasteiger partial charge in [0.1, 0.15) is 5.01 Å². The minimum atomic E-state index is 0.468. The molecular formula is C14H19IN2S. The highest BCUT2D eigenvalue weighted by Gasteiger charge is 2.24. The van der Waals surface area contributed by atoms with E-state index in [9.17, 15) is 0 Å². The monoisotopic (exact) mass is 374 g/mol. The smallest absolute Gasteiger partial charge is 0.108 e. The zero-order valence-corrected chi connectivity index (χ0v) is 14.0. The van der Waals surface area contributed by atoms with Crippen molar-refractivity contribution < 1.29 is 0 Å². The van der Waals surface area contributed by atoms with Crippen molar-refractivity contribution in [3.8, 4) is 0 Å². The van der Waals surface area contributed by atoms with Gasteiger partial charge in [-0.25, -0.2) is 4.98 Å². The zero-order chi connectivity index (χ0) is 13.1. The third kappa shape index (κ3) is 3.03. The second-order valence-corrected chi connectivity index (χ2v) is 7.15. The maximum atomic E-state index is 4.78. The topological polar surface area (TPSA) is 16.1 Å². The molecule has 0 saturated heterocycles. The van der Waals surface area contributed by atoms with Crippen LogP contribution in [0.15, 0.2) is 24.3 Å². The molecule has 0 N–H and O–H groups in total. The molecule has 0 spiro atoms. The molecule has 1 heterocycles. The molecule has 0 saturated carbocycles. The lowest BCUT2D eigenvalue weighted by atomic mass is 10.1. The summed E-state index contributed by atoms with van der Waals surface area (Å²) in [5.41, 5.74) is 1.13. The maximum Gasteiger partial charge on any atom is 0.108 e. The first-order valence-corrected chi connectivity index (χ1v) is 8.35. The van der Waals surface area contributed by atoms with Crippen molar-refractivity contribution in [2.75, 3.05) is 14.1 Å². The van der Waals surface area contributed by atoms with Crippen molar-refractivity contribution in [3.63, 3.8) is 0 Å². The Morgan fingerprint density at radius 2 is 2.06 bits per heavy atom. The minimum Gasteiger partial charge on any atom is -0.305 e. The van der Waals surface area contributed by atoms with Crippen molar-refractivity contribution in [1.29, 1.82) is 0 Å². The first-order valence-electron chi connectivity index (χ1n) is 6.29. The fourth-order valence-corrected chi connectivity index (χ4v) is 4.66. The number of likely N-dealkylation sites (N-methyl/N-ethyl adjacent to an activating group) is 1. The van der Waals surface area contributed by atoms with E-state index in [2.05, 4.69) is 72.8 Å². The Morgan fingerprint density at radius 3 is 2.67 bits per heavy atom. The quantitative estimate of drug-likeness (QED) is 0.566. The number of thiazole rings is 1. The van der Waals surface area contributed by atoms with Crippen LogP contribution < -0.4 is 0 Å². The molecule has 0 radical (unpaired) electrons. The summed E-state index contributed by atoms with van der Waals surface area (Å²) in [5.74, 6) is 0. The lowest BCUT2D eigenvalue weighted by Gasteiger charge is -2.27. The number of rotatable bonds is 5. The number of para-hydroxylation sites is 1. The molecule has 1 aromatic carbocycles. The highest BCUT2D eigenvalue weighted by molar-refractivity contribution is 14.1. The average molecular weight is 374 g/mol. The Balaban J connectivity index is 2.28. The third-order valence-corrected chi connectivity index (χ3v) is 6.09. The van der Waals surface area contributed by atoms with E-state index in [-0.39, 0.29) is 0 Å². The summed E-state index contributed by atoms with van der Waals surface area (Å²) in [6.07, 6.45) is 2.43. The predicted molar refractivity (Wildman–Crippen MR) is 88.8 cm³/mol. The van der Waals surface area contributed by atoms with Crippen molar-refractivity contribution in [2.24, 2.45) is 0 Å². The Hall–Kier alpha value is -0.200. The molecule has 4 heteroatoms. The van der Waals surface area contributed by atoms with E-state index in [0.717, 1.165) is 5.52 Å². The van der Waals surface area contributed by atoms with Crippen molar-refractivity contribution in [1.82, 2.24) is 9.88 Å². The Kier molecular flexibility index (Phi) is 4.98. The number of halogens is 1. The number of hydrogen-bond donors (Lipinski definition) is 0. The first kappa shape index (κ1) is 14.2. The number of aromatic nitrogens is 1. The van der Waals surface area contributed by atoms with Gasteiger partial charge in [-0.2, -0.15) is 0 Å². The van der Waals surface area contributed by atoms with Gasteiger partial charge in [-0.05, 0) is 32.6 Å². The molecule has 1 unspecified atom stereocenters. The molecule has 2 rings (SSSR count). The van der Waals surface area contributed by atoms with Crippen LogP contribution in [0.4, 0.5) is 0 Å². The van der Waals surface area contributed by atoms with E-state index in [1.165, 1.54) is 22.5 Å². The largest absolute Gasteiger partial charge is 0.305 e. The lowest BCUT2D eigenvalue weighted by molar-refractivity contribution is 0.276. The molecule has 2 atom stereocenters. The van der Waals surface area contributed by atoms with Crippen LogP contribution in [-0.4, -0.2) is 30.0 Å². The molecule has 0 amide bonds. The van der Waals surface area contributed by atoms with Crippen molar-refractivity contribution in [2.45, 2.75) is 29.7 Å². The van der Waals surface area contributed by atoms with E-state index < -0.39 is 0 Å². The normalized spacial score (nSPS) is 15.2. The van der Waals surface area contributed by atoms with Crippen LogP contribution in [0.25, 0.3) is 10.2 Å². The standard InChI is InChI=1S/C14H19IN2S/c1-4-7-11(17(2)3)13(15)14-16-10-8-5-6-9-12(10)18-14/h5-6,8-9,11,13H,4,7H2,1-3H3/t11?,13-/m1/s1. The summed E-state index contributed by atoms with van der Waals surface area (Å²) in [6.45, 7) is 2.25. The molecule has 0 bridgehead atoms. The summed E-state index contributed by atoms with van der Waals surface area (Å²) in [4.78, 5) is 7.11. The molecule has 2 aromatic rings. The molecule has 0 aliphatic heterocycles. The molecule has 18 heavy (non-hydrogen) atoms. The maximum absolute atomic E-state index is 4.78. The summed E-state index contributed by atoms with van der Waals surface area (Å²) in [7, 11) is 4.33. The van der Waals surface area contributed by atoms with Crippen LogP contribution in [0.3, 0.4) is 0 Å². The highest BCUT2D eigenvalue weighted by Crippen LogP contribution is 2.36. The molecule has 0 aliphatic rings. The summed E-state index contributed by atoms with van der Waals surface area (Å²) in [6, 6.07) is 8.97. The number of benzene rings is 1. The fraction of sp³-hybridized carbons (Fsp3) is 0.500. The van der Waals surface area contributed by atoms with Gasteiger partial charge in [0.05, 0.1) is 14.1 Å². The predicted octanol–water partition coefficient (Wildman–Crippen LogP) is 4.50. The molecule has 0 fully saturated rings. The second kappa shape index (κ2) is 6.30.